The van der Waals surface area contributed by atoms with Crippen LogP contribution in [0.15, 0.2) is 17.5 Å². The second kappa shape index (κ2) is 2.29. The molecule has 0 unspecified atom stereocenters. The van der Waals surface area contributed by atoms with Gasteiger partial charge in [0.05, 0.1) is 10.4 Å². The molecular weight excluding hydrogens is 186 g/mol. The van der Waals surface area contributed by atoms with Crippen LogP contribution in [0.5, 0.6) is 11.5 Å². The molecule has 0 fully saturated rings. The number of nitrogens with two attached hydrogens (primary N) is 1. The molecule has 2 N–H and O–H groups in total. The first-order chi connectivity index (χ1) is 6.36. The number of benzene rings is 1. The number of fused-ring (bicyclic) bond motifs is 3. The SMILES string of the molecule is Nc1cc2c(c3ccsc13)OCO2. The lowest BCUT2D eigenvalue weighted by molar-refractivity contribution is 0.175. The smallest absolute Gasteiger partial charge is 0.231 e. The van der Waals surface area contributed by atoms with E-state index < -0.39 is 0 Å². The van der Waals surface area contributed by atoms with Crippen LogP contribution in [0.3, 0.4) is 0 Å². The van der Waals surface area contributed by atoms with Crippen molar-refractivity contribution in [3.8, 4) is 11.5 Å². The second-order valence-electron chi connectivity index (χ2n) is 2.86. The largest absolute Gasteiger partial charge is 0.453 e. The highest BCUT2D eigenvalue weighted by molar-refractivity contribution is 7.17. The van der Waals surface area contributed by atoms with Crippen molar-refractivity contribution in [2.45, 2.75) is 0 Å². The number of hydrogen-bond donors (Lipinski definition) is 1. The molecule has 1 aliphatic rings. The molecule has 2 aromatic rings. The molecule has 0 bridgehead atoms. The Morgan fingerprint density at radius 3 is 3.23 bits per heavy atom. The summed E-state index contributed by atoms with van der Waals surface area (Å²) in [6.45, 7) is 0.295. The zero-order valence-electron chi connectivity index (χ0n) is 6.74. The number of anilines is 1. The summed E-state index contributed by atoms with van der Waals surface area (Å²) < 4.78 is 11.7. The zero-order chi connectivity index (χ0) is 8.84. The molecule has 0 amide bonds. The number of nitrogen functional groups attached to an aromatic ring is 1. The van der Waals surface area contributed by atoms with Crippen molar-refractivity contribution in [1.82, 2.24) is 0 Å². The lowest BCUT2D eigenvalue weighted by Gasteiger charge is -2.00. The predicted octanol–water partition coefficient (Wildman–Crippen LogP) is 2.21. The van der Waals surface area contributed by atoms with Crippen molar-refractivity contribution in [1.29, 1.82) is 0 Å². The first kappa shape index (κ1) is 7.03. The highest BCUT2D eigenvalue weighted by Crippen LogP contribution is 2.44. The maximum absolute atomic E-state index is 5.85. The van der Waals surface area contributed by atoms with Crippen molar-refractivity contribution in [2.24, 2.45) is 0 Å². The molecular formula is C9H7NO2S. The van der Waals surface area contributed by atoms with Gasteiger partial charge in [-0.1, -0.05) is 0 Å². The quantitative estimate of drug-likeness (QED) is 0.652. The van der Waals surface area contributed by atoms with E-state index in [0.29, 0.717) is 6.79 Å². The third kappa shape index (κ3) is 0.833. The summed E-state index contributed by atoms with van der Waals surface area (Å²) >= 11 is 1.62. The fourth-order valence-electron chi connectivity index (χ4n) is 1.52. The van der Waals surface area contributed by atoms with Gasteiger partial charge in [0.2, 0.25) is 6.79 Å². The Kier molecular flexibility index (Phi) is 1.24. The standard InChI is InChI=1S/C9H7NO2S/c10-6-3-7-8(12-4-11-7)5-1-2-13-9(5)6/h1-3H,4,10H2. The normalized spacial score (nSPS) is 13.8. The van der Waals surface area contributed by atoms with Gasteiger partial charge in [0.25, 0.3) is 0 Å². The van der Waals surface area contributed by atoms with Crippen molar-refractivity contribution in [3.63, 3.8) is 0 Å². The summed E-state index contributed by atoms with van der Waals surface area (Å²) in [6.07, 6.45) is 0. The van der Waals surface area contributed by atoms with E-state index in [1.807, 2.05) is 17.5 Å². The summed E-state index contributed by atoms with van der Waals surface area (Å²) in [5, 5.41) is 3.06. The lowest BCUT2D eigenvalue weighted by atomic mass is 10.2. The van der Waals surface area contributed by atoms with Gasteiger partial charge < -0.3 is 15.2 Å². The number of rotatable bonds is 0. The summed E-state index contributed by atoms with van der Waals surface area (Å²) in [6, 6.07) is 3.82. The van der Waals surface area contributed by atoms with Crippen LogP contribution < -0.4 is 15.2 Å². The van der Waals surface area contributed by atoms with Crippen molar-refractivity contribution < 1.29 is 9.47 Å². The highest BCUT2D eigenvalue weighted by Gasteiger charge is 2.18. The van der Waals surface area contributed by atoms with Crippen LogP contribution in [0.25, 0.3) is 10.1 Å². The summed E-state index contributed by atoms with van der Waals surface area (Å²) in [7, 11) is 0. The molecule has 0 saturated carbocycles. The highest BCUT2D eigenvalue weighted by atomic mass is 32.1. The minimum atomic E-state index is 0.295. The molecule has 2 heterocycles. The van der Waals surface area contributed by atoms with E-state index in [1.165, 1.54) is 0 Å². The van der Waals surface area contributed by atoms with E-state index >= 15 is 0 Å². The molecule has 4 heteroatoms. The number of ether oxygens (including phenoxy) is 2. The summed E-state index contributed by atoms with van der Waals surface area (Å²) in [5.41, 5.74) is 6.61. The Morgan fingerprint density at radius 2 is 2.31 bits per heavy atom. The van der Waals surface area contributed by atoms with Crippen LogP contribution in [-0.4, -0.2) is 6.79 Å². The molecule has 0 atom stereocenters. The van der Waals surface area contributed by atoms with E-state index in [-0.39, 0.29) is 0 Å². The molecule has 66 valence electrons. The molecule has 13 heavy (non-hydrogen) atoms. The third-order valence-corrected chi connectivity index (χ3v) is 3.06. The van der Waals surface area contributed by atoms with E-state index in [9.17, 15) is 0 Å². The Bertz CT molecular complexity index is 478. The fourth-order valence-corrected chi connectivity index (χ4v) is 2.35. The molecule has 0 radical (unpaired) electrons. The first-order valence-electron chi connectivity index (χ1n) is 3.91. The maximum Gasteiger partial charge on any atom is 0.231 e. The average molecular weight is 193 g/mol. The predicted molar refractivity (Wildman–Crippen MR) is 52.4 cm³/mol. The van der Waals surface area contributed by atoms with Crippen LogP contribution in [-0.2, 0) is 0 Å². The van der Waals surface area contributed by atoms with Gasteiger partial charge in [-0.2, -0.15) is 0 Å². The zero-order valence-corrected chi connectivity index (χ0v) is 7.56. The molecule has 3 nitrogen and oxygen atoms in total. The number of thiophene rings is 1. The topological polar surface area (TPSA) is 44.5 Å². The minimum Gasteiger partial charge on any atom is -0.453 e. The van der Waals surface area contributed by atoms with Crippen LogP contribution in [0.4, 0.5) is 5.69 Å². The molecule has 0 saturated heterocycles. The van der Waals surface area contributed by atoms with Gasteiger partial charge in [-0.05, 0) is 11.4 Å². The van der Waals surface area contributed by atoms with Gasteiger partial charge in [0.15, 0.2) is 11.5 Å². The Hall–Kier alpha value is -1.42. The second-order valence-corrected chi connectivity index (χ2v) is 3.78. The van der Waals surface area contributed by atoms with Gasteiger partial charge in [0, 0.05) is 11.5 Å². The van der Waals surface area contributed by atoms with Gasteiger partial charge in [0.1, 0.15) is 0 Å². The van der Waals surface area contributed by atoms with Gasteiger partial charge >= 0.3 is 0 Å². The van der Waals surface area contributed by atoms with Crippen molar-refractivity contribution in [3.05, 3.63) is 17.5 Å². The maximum atomic E-state index is 5.85. The van der Waals surface area contributed by atoms with Crippen LogP contribution in [0, 0.1) is 0 Å². The van der Waals surface area contributed by atoms with E-state index in [4.69, 9.17) is 15.2 Å². The van der Waals surface area contributed by atoms with Gasteiger partial charge in [-0.25, -0.2) is 0 Å². The molecule has 1 aromatic carbocycles. The van der Waals surface area contributed by atoms with Gasteiger partial charge in [-0.15, -0.1) is 11.3 Å². The minimum absolute atomic E-state index is 0.295. The van der Waals surface area contributed by atoms with Crippen molar-refractivity contribution >= 4 is 27.1 Å². The summed E-state index contributed by atoms with van der Waals surface area (Å²) in [4.78, 5) is 0. The van der Waals surface area contributed by atoms with Gasteiger partial charge in [-0.3, -0.25) is 0 Å². The van der Waals surface area contributed by atoms with Crippen molar-refractivity contribution in [2.75, 3.05) is 12.5 Å². The summed E-state index contributed by atoms with van der Waals surface area (Å²) in [5.74, 6) is 1.58. The Labute approximate surface area is 78.7 Å². The molecule has 0 spiro atoms. The van der Waals surface area contributed by atoms with E-state index in [0.717, 1.165) is 27.3 Å². The Balaban J connectivity index is 2.48. The van der Waals surface area contributed by atoms with E-state index in [1.54, 1.807) is 11.3 Å². The fraction of sp³-hybridized carbons (Fsp3) is 0.111. The first-order valence-corrected chi connectivity index (χ1v) is 4.79. The van der Waals surface area contributed by atoms with Crippen LogP contribution in [0.2, 0.25) is 0 Å². The average Bonchev–Trinajstić information content (AvgIpc) is 2.66. The lowest BCUT2D eigenvalue weighted by Crippen LogP contribution is -1.93. The molecule has 0 aliphatic carbocycles. The molecule has 1 aromatic heterocycles. The monoisotopic (exact) mass is 193 g/mol. The third-order valence-electron chi connectivity index (χ3n) is 2.10. The van der Waals surface area contributed by atoms with E-state index in [2.05, 4.69) is 0 Å². The van der Waals surface area contributed by atoms with Crippen LogP contribution >= 0.6 is 11.3 Å². The van der Waals surface area contributed by atoms with Crippen LogP contribution in [0.1, 0.15) is 0 Å². The number of hydrogen-bond acceptors (Lipinski definition) is 4. The Morgan fingerprint density at radius 1 is 1.38 bits per heavy atom. The molecule has 1 aliphatic heterocycles. The molecule has 3 rings (SSSR count).